The molecule has 6 heteroatoms. The van der Waals surface area contributed by atoms with Crippen LogP contribution in [-0.2, 0) is 0 Å². The molecule has 0 fully saturated rings. The van der Waals surface area contributed by atoms with Crippen LogP contribution in [0.25, 0.3) is 0 Å². The number of alkyl halides is 2. The van der Waals surface area contributed by atoms with Crippen LogP contribution >= 0.6 is 11.6 Å². The van der Waals surface area contributed by atoms with Gasteiger partial charge in [0.15, 0.2) is 0 Å². The Bertz CT molecular complexity index is 407. The highest BCUT2D eigenvalue weighted by Gasteiger charge is 2.27. The number of halogens is 3. The molecule has 0 bridgehead atoms. The lowest BCUT2D eigenvalue weighted by atomic mass is 9.96. The summed E-state index contributed by atoms with van der Waals surface area (Å²) in [5.74, 6) is 0. The molecule has 20 heavy (non-hydrogen) atoms. The van der Waals surface area contributed by atoms with Crippen molar-refractivity contribution in [1.29, 1.82) is 0 Å². The van der Waals surface area contributed by atoms with E-state index in [0.717, 1.165) is 5.56 Å². The van der Waals surface area contributed by atoms with Gasteiger partial charge in [-0.05, 0) is 24.1 Å². The van der Waals surface area contributed by atoms with E-state index in [9.17, 15) is 8.78 Å². The van der Waals surface area contributed by atoms with Gasteiger partial charge in [-0.2, -0.15) is 0 Å². The summed E-state index contributed by atoms with van der Waals surface area (Å²) in [5.41, 5.74) is 6.89. The van der Waals surface area contributed by atoms with E-state index in [1.165, 1.54) is 4.90 Å². The molecule has 0 saturated heterocycles. The minimum atomic E-state index is -2.48. The average molecular weight is 307 g/mol. The number of hydrogen-bond donors (Lipinski definition) is 2. The van der Waals surface area contributed by atoms with Crippen LogP contribution in [0.4, 0.5) is 8.78 Å². The van der Waals surface area contributed by atoms with Crippen molar-refractivity contribution in [2.75, 3.05) is 19.7 Å². The molecule has 1 rings (SSSR count). The van der Waals surface area contributed by atoms with Crippen molar-refractivity contribution >= 4 is 11.6 Å². The predicted octanol–water partition coefficient (Wildman–Crippen LogP) is 2.68. The summed E-state index contributed by atoms with van der Waals surface area (Å²) in [6.45, 7) is 1.43. The predicted molar refractivity (Wildman–Crippen MR) is 77.1 cm³/mol. The van der Waals surface area contributed by atoms with Gasteiger partial charge in [-0.1, -0.05) is 30.7 Å². The molecule has 2 unspecified atom stereocenters. The van der Waals surface area contributed by atoms with Gasteiger partial charge in [0, 0.05) is 17.6 Å². The first-order chi connectivity index (χ1) is 9.49. The second-order valence-electron chi connectivity index (χ2n) is 4.68. The fraction of sp³-hybridized carbons (Fsp3) is 0.571. The summed E-state index contributed by atoms with van der Waals surface area (Å²) in [5, 5.41) is 9.64. The molecular weight excluding hydrogens is 286 g/mol. The number of aliphatic hydroxyl groups excluding tert-OH is 1. The monoisotopic (exact) mass is 306 g/mol. The molecule has 114 valence electrons. The molecule has 2 atom stereocenters. The van der Waals surface area contributed by atoms with Gasteiger partial charge in [-0.25, -0.2) is 8.78 Å². The fourth-order valence-corrected chi connectivity index (χ4v) is 2.49. The van der Waals surface area contributed by atoms with Gasteiger partial charge < -0.3 is 10.8 Å². The minimum absolute atomic E-state index is 0.148. The van der Waals surface area contributed by atoms with Crippen LogP contribution in [0.1, 0.15) is 24.9 Å². The van der Waals surface area contributed by atoms with Crippen molar-refractivity contribution in [3.05, 3.63) is 34.9 Å². The molecule has 0 amide bonds. The number of rotatable bonds is 8. The van der Waals surface area contributed by atoms with E-state index in [4.69, 9.17) is 22.4 Å². The summed E-state index contributed by atoms with van der Waals surface area (Å²) in [6.07, 6.45) is -1.84. The molecule has 0 aliphatic heterocycles. The Morgan fingerprint density at radius 1 is 1.40 bits per heavy atom. The Morgan fingerprint density at radius 2 is 2.10 bits per heavy atom. The van der Waals surface area contributed by atoms with Crippen molar-refractivity contribution < 1.29 is 13.9 Å². The Kier molecular flexibility index (Phi) is 7.37. The van der Waals surface area contributed by atoms with E-state index < -0.39 is 13.0 Å². The lowest BCUT2D eigenvalue weighted by Gasteiger charge is -2.35. The Hall–Kier alpha value is -0.750. The summed E-state index contributed by atoms with van der Waals surface area (Å²) >= 11 is 5.97. The first-order valence-electron chi connectivity index (χ1n) is 6.63. The highest BCUT2D eigenvalue weighted by molar-refractivity contribution is 6.30. The van der Waals surface area contributed by atoms with Gasteiger partial charge in [-0.15, -0.1) is 0 Å². The molecular formula is C14H21ClF2N2O. The first kappa shape index (κ1) is 17.3. The fourth-order valence-electron chi connectivity index (χ4n) is 2.29. The molecule has 0 aromatic heterocycles. The minimum Gasteiger partial charge on any atom is -0.395 e. The molecule has 0 radical (unpaired) electrons. The number of aliphatic hydroxyl groups is 1. The van der Waals surface area contributed by atoms with Gasteiger partial charge in [-0.3, -0.25) is 4.90 Å². The van der Waals surface area contributed by atoms with Crippen LogP contribution in [-0.4, -0.2) is 42.2 Å². The van der Waals surface area contributed by atoms with Crippen LogP contribution in [0.2, 0.25) is 5.02 Å². The van der Waals surface area contributed by atoms with Crippen molar-refractivity contribution in [3.8, 4) is 0 Å². The molecule has 3 nitrogen and oxygen atoms in total. The van der Waals surface area contributed by atoms with E-state index in [1.54, 1.807) is 18.2 Å². The van der Waals surface area contributed by atoms with Crippen molar-refractivity contribution in [2.45, 2.75) is 31.9 Å². The zero-order valence-electron chi connectivity index (χ0n) is 11.5. The molecule has 3 N–H and O–H groups in total. The number of nitrogens with zero attached hydrogens (tertiary/aromatic N) is 1. The Morgan fingerprint density at radius 3 is 2.60 bits per heavy atom. The van der Waals surface area contributed by atoms with Crippen LogP contribution in [0.5, 0.6) is 0 Å². The van der Waals surface area contributed by atoms with Crippen molar-refractivity contribution in [3.63, 3.8) is 0 Å². The smallest absolute Gasteiger partial charge is 0.251 e. The van der Waals surface area contributed by atoms with Gasteiger partial charge in [0.25, 0.3) is 6.43 Å². The molecule has 0 saturated carbocycles. The number of hydrogen-bond acceptors (Lipinski definition) is 3. The highest BCUT2D eigenvalue weighted by Crippen LogP contribution is 2.27. The zero-order chi connectivity index (χ0) is 15.1. The first-order valence-corrected chi connectivity index (χ1v) is 7.01. The molecule has 0 aliphatic carbocycles. The Labute approximate surface area is 123 Å². The van der Waals surface area contributed by atoms with Crippen LogP contribution < -0.4 is 5.73 Å². The van der Waals surface area contributed by atoms with Crippen LogP contribution in [0, 0.1) is 0 Å². The normalized spacial score (nSPS) is 14.8. The van der Waals surface area contributed by atoms with Gasteiger partial charge in [0.2, 0.25) is 0 Å². The third kappa shape index (κ3) is 4.98. The third-order valence-corrected chi connectivity index (χ3v) is 3.46. The van der Waals surface area contributed by atoms with E-state index in [2.05, 4.69) is 0 Å². The largest absolute Gasteiger partial charge is 0.395 e. The van der Waals surface area contributed by atoms with Crippen molar-refractivity contribution in [1.82, 2.24) is 4.90 Å². The van der Waals surface area contributed by atoms with E-state index in [1.807, 2.05) is 13.0 Å². The standard InChI is InChI=1S/C14H21ClF2N2O/c1-2-12(18)14(10-4-3-5-11(15)8-10)19(6-7-20)9-13(16)17/h3-5,8,12-14,20H,2,6-7,9,18H2,1H3. The number of benzene rings is 1. The van der Waals surface area contributed by atoms with Gasteiger partial charge in [0.05, 0.1) is 19.2 Å². The maximum absolute atomic E-state index is 12.7. The van der Waals surface area contributed by atoms with Crippen LogP contribution in [0.3, 0.4) is 0 Å². The molecule has 0 aliphatic rings. The van der Waals surface area contributed by atoms with E-state index in [0.29, 0.717) is 11.4 Å². The summed E-state index contributed by atoms with van der Waals surface area (Å²) < 4.78 is 25.5. The maximum Gasteiger partial charge on any atom is 0.251 e. The molecule has 0 heterocycles. The average Bonchev–Trinajstić information content (AvgIpc) is 2.38. The second-order valence-corrected chi connectivity index (χ2v) is 5.12. The zero-order valence-corrected chi connectivity index (χ0v) is 12.2. The summed E-state index contributed by atoms with van der Waals surface area (Å²) in [6, 6.07) is 6.35. The van der Waals surface area contributed by atoms with Crippen LogP contribution in [0.15, 0.2) is 24.3 Å². The maximum atomic E-state index is 12.7. The highest BCUT2D eigenvalue weighted by atomic mass is 35.5. The summed E-state index contributed by atoms with van der Waals surface area (Å²) in [4.78, 5) is 1.52. The summed E-state index contributed by atoms with van der Waals surface area (Å²) in [7, 11) is 0. The van der Waals surface area contributed by atoms with E-state index >= 15 is 0 Å². The number of nitrogens with two attached hydrogens (primary N) is 1. The third-order valence-electron chi connectivity index (χ3n) is 3.22. The molecule has 1 aromatic carbocycles. The van der Waals surface area contributed by atoms with Crippen molar-refractivity contribution in [2.24, 2.45) is 5.73 Å². The molecule has 1 aromatic rings. The quantitative estimate of drug-likeness (QED) is 0.776. The SMILES string of the molecule is CCC(N)C(c1cccc(Cl)c1)N(CCO)CC(F)F. The van der Waals surface area contributed by atoms with E-state index in [-0.39, 0.29) is 25.2 Å². The topological polar surface area (TPSA) is 49.5 Å². The molecule has 0 spiro atoms. The Balaban J connectivity index is 3.08. The lowest BCUT2D eigenvalue weighted by molar-refractivity contribution is 0.0467. The second kappa shape index (κ2) is 8.52. The lowest BCUT2D eigenvalue weighted by Crippen LogP contribution is -2.44. The van der Waals surface area contributed by atoms with Gasteiger partial charge >= 0.3 is 0 Å². The van der Waals surface area contributed by atoms with Gasteiger partial charge in [0.1, 0.15) is 0 Å².